The Morgan fingerprint density at radius 2 is 1.90 bits per heavy atom. The molecule has 2 aromatic rings. The SMILES string of the molecule is CCC(C)NC(=O)c1cccc(CNC(=NC)NC(C)c2ccc(C)c(F)c2)c1. The smallest absolute Gasteiger partial charge is 0.251 e. The van der Waals surface area contributed by atoms with E-state index in [4.69, 9.17) is 0 Å². The Labute approximate surface area is 172 Å². The van der Waals surface area contributed by atoms with Gasteiger partial charge < -0.3 is 16.0 Å². The third-order valence-corrected chi connectivity index (χ3v) is 4.91. The Kier molecular flexibility index (Phi) is 8.19. The number of nitrogens with zero attached hydrogens (tertiary/aromatic N) is 1. The van der Waals surface area contributed by atoms with Crippen molar-refractivity contribution >= 4 is 11.9 Å². The molecule has 2 unspecified atom stereocenters. The highest BCUT2D eigenvalue weighted by Gasteiger charge is 2.11. The zero-order chi connectivity index (χ0) is 21.4. The lowest BCUT2D eigenvalue weighted by Gasteiger charge is -2.19. The number of rotatable bonds is 7. The van der Waals surface area contributed by atoms with Crippen LogP contribution in [0.2, 0.25) is 0 Å². The van der Waals surface area contributed by atoms with Gasteiger partial charge in [0.05, 0.1) is 6.04 Å². The van der Waals surface area contributed by atoms with Gasteiger partial charge in [-0.05, 0) is 62.1 Å². The zero-order valence-electron chi connectivity index (χ0n) is 17.8. The first-order chi connectivity index (χ1) is 13.8. The fraction of sp³-hybridized carbons (Fsp3) is 0.391. The van der Waals surface area contributed by atoms with Crippen molar-refractivity contribution in [2.45, 2.75) is 52.7 Å². The fourth-order valence-electron chi connectivity index (χ4n) is 2.78. The van der Waals surface area contributed by atoms with Gasteiger partial charge >= 0.3 is 0 Å². The first kappa shape index (κ1) is 22.4. The molecule has 3 N–H and O–H groups in total. The van der Waals surface area contributed by atoms with Crippen molar-refractivity contribution in [3.63, 3.8) is 0 Å². The molecule has 2 atom stereocenters. The molecule has 0 saturated carbocycles. The van der Waals surface area contributed by atoms with Crippen LogP contribution in [0.4, 0.5) is 4.39 Å². The summed E-state index contributed by atoms with van der Waals surface area (Å²) >= 11 is 0. The molecule has 0 radical (unpaired) electrons. The molecule has 0 spiro atoms. The van der Waals surface area contributed by atoms with Crippen molar-refractivity contribution in [3.8, 4) is 0 Å². The summed E-state index contributed by atoms with van der Waals surface area (Å²) in [5.41, 5.74) is 3.08. The van der Waals surface area contributed by atoms with Crippen molar-refractivity contribution in [2.75, 3.05) is 7.05 Å². The van der Waals surface area contributed by atoms with E-state index in [0.29, 0.717) is 23.6 Å². The standard InChI is InChI=1S/C23H31FN4O/c1-6-16(3)27-22(29)20-9-7-8-18(12-20)14-26-23(25-5)28-17(4)19-11-10-15(2)21(24)13-19/h7-13,16-17H,6,14H2,1-5H3,(H,27,29)(H2,25,26,28). The lowest BCUT2D eigenvalue weighted by molar-refractivity contribution is 0.0939. The first-order valence-corrected chi connectivity index (χ1v) is 9.97. The number of carbonyl (C=O) groups is 1. The Morgan fingerprint density at radius 3 is 2.55 bits per heavy atom. The van der Waals surface area contributed by atoms with Crippen LogP contribution in [0, 0.1) is 12.7 Å². The highest BCUT2D eigenvalue weighted by molar-refractivity contribution is 5.94. The van der Waals surface area contributed by atoms with Gasteiger partial charge in [-0.1, -0.05) is 31.2 Å². The summed E-state index contributed by atoms with van der Waals surface area (Å²) in [5, 5.41) is 9.48. The highest BCUT2D eigenvalue weighted by atomic mass is 19.1. The predicted molar refractivity (Wildman–Crippen MR) is 117 cm³/mol. The molecular formula is C23H31FN4O. The molecule has 6 heteroatoms. The van der Waals surface area contributed by atoms with Crippen LogP contribution in [0.25, 0.3) is 0 Å². The maximum Gasteiger partial charge on any atom is 0.251 e. The van der Waals surface area contributed by atoms with Gasteiger partial charge in [-0.2, -0.15) is 0 Å². The molecular weight excluding hydrogens is 367 g/mol. The van der Waals surface area contributed by atoms with Crippen molar-refractivity contribution in [2.24, 2.45) is 4.99 Å². The minimum atomic E-state index is -0.216. The van der Waals surface area contributed by atoms with Gasteiger partial charge in [0.25, 0.3) is 5.91 Å². The van der Waals surface area contributed by atoms with Crippen LogP contribution in [-0.4, -0.2) is 25.0 Å². The number of carbonyl (C=O) groups excluding carboxylic acids is 1. The van der Waals surface area contributed by atoms with E-state index in [2.05, 4.69) is 20.9 Å². The lowest BCUT2D eigenvalue weighted by Crippen LogP contribution is -2.38. The summed E-state index contributed by atoms with van der Waals surface area (Å²) in [6, 6.07) is 12.8. The van der Waals surface area contributed by atoms with Crippen LogP contribution in [0.15, 0.2) is 47.5 Å². The number of guanidine groups is 1. The third-order valence-electron chi connectivity index (χ3n) is 4.91. The summed E-state index contributed by atoms with van der Waals surface area (Å²) in [7, 11) is 1.69. The summed E-state index contributed by atoms with van der Waals surface area (Å²) < 4.78 is 13.8. The average Bonchev–Trinajstić information content (AvgIpc) is 2.72. The monoisotopic (exact) mass is 398 g/mol. The summed E-state index contributed by atoms with van der Waals surface area (Å²) in [6.07, 6.45) is 0.887. The number of halogens is 1. The summed E-state index contributed by atoms with van der Waals surface area (Å²) in [6.45, 7) is 8.24. The minimum absolute atomic E-state index is 0.0706. The minimum Gasteiger partial charge on any atom is -0.352 e. The van der Waals surface area contributed by atoms with E-state index < -0.39 is 0 Å². The van der Waals surface area contributed by atoms with Crippen molar-refractivity contribution in [1.29, 1.82) is 0 Å². The number of aryl methyl sites for hydroxylation is 1. The molecule has 1 amide bonds. The van der Waals surface area contributed by atoms with Crippen molar-refractivity contribution in [3.05, 3.63) is 70.5 Å². The molecule has 0 bridgehead atoms. The largest absolute Gasteiger partial charge is 0.352 e. The zero-order valence-corrected chi connectivity index (χ0v) is 17.8. The van der Waals surface area contributed by atoms with Gasteiger partial charge in [0, 0.05) is 25.2 Å². The van der Waals surface area contributed by atoms with E-state index in [1.165, 1.54) is 0 Å². The number of aliphatic imine (C=N–C) groups is 1. The maximum atomic E-state index is 13.8. The molecule has 29 heavy (non-hydrogen) atoms. The van der Waals surface area contributed by atoms with Crippen LogP contribution in [0.1, 0.15) is 60.3 Å². The Morgan fingerprint density at radius 1 is 1.14 bits per heavy atom. The third kappa shape index (κ3) is 6.59. The van der Waals surface area contributed by atoms with Gasteiger partial charge in [-0.25, -0.2) is 4.39 Å². The molecule has 5 nitrogen and oxygen atoms in total. The van der Waals surface area contributed by atoms with Gasteiger partial charge in [-0.15, -0.1) is 0 Å². The molecule has 0 aliphatic rings. The normalized spacial score (nSPS) is 13.5. The second-order valence-corrected chi connectivity index (χ2v) is 7.28. The van der Waals surface area contributed by atoms with Gasteiger partial charge in [-0.3, -0.25) is 9.79 Å². The van der Waals surface area contributed by atoms with Crippen molar-refractivity contribution < 1.29 is 9.18 Å². The fourth-order valence-corrected chi connectivity index (χ4v) is 2.78. The molecule has 0 saturated heterocycles. The quantitative estimate of drug-likeness (QED) is 0.486. The van der Waals surface area contributed by atoms with E-state index in [1.807, 2.05) is 51.1 Å². The number of hydrogen-bond donors (Lipinski definition) is 3. The van der Waals surface area contributed by atoms with E-state index in [-0.39, 0.29) is 23.8 Å². The number of benzene rings is 2. The molecule has 0 fully saturated rings. The molecule has 156 valence electrons. The summed E-state index contributed by atoms with van der Waals surface area (Å²) in [5.74, 6) is 0.318. The number of nitrogens with one attached hydrogen (secondary N) is 3. The van der Waals surface area contributed by atoms with Crippen LogP contribution >= 0.6 is 0 Å². The Hall–Kier alpha value is -2.89. The van der Waals surface area contributed by atoms with Gasteiger partial charge in [0.1, 0.15) is 5.82 Å². The van der Waals surface area contributed by atoms with Crippen LogP contribution in [0.5, 0.6) is 0 Å². The van der Waals surface area contributed by atoms with E-state index in [0.717, 1.165) is 17.5 Å². The predicted octanol–water partition coefficient (Wildman–Crippen LogP) is 4.09. The topological polar surface area (TPSA) is 65.5 Å². The van der Waals surface area contributed by atoms with E-state index in [1.54, 1.807) is 26.1 Å². The second-order valence-electron chi connectivity index (χ2n) is 7.28. The summed E-state index contributed by atoms with van der Waals surface area (Å²) in [4.78, 5) is 16.6. The first-order valence-electron chi connectivity index (χ1n) is 9.97. The molecule has 2 aromatic carbocycles. The molecule has 0 aliphatic heterocycles. The van der Waals surface area contributed by atoms with E-state index >= 15 is 0 Å². The van der Waals surface area contributed by atoms with Gasteiger partial charge in [0.15, 0.2) is 5.96 Å². The van der Waals surface area contributed by atoms with E-state index in [9.17, 15) is 9.18 Å². The number of amides is 1. The lowest BCUT2D eigenvalue weighted by atomic mass is 10.1. The molecule has 2 rings (SSSR count). The Balaban J connectivity index is 1.97. The molecule has 0 aliphatic carbocycles. The Bertz CT molecular complexity index is 866. The number of hydrogen-bond acceptors (Lipinski definition) is 2. The van der Waals surface area contributed by atoms with Crippen molar-refractivity contribution in [1.82, 2.24) is 16.0 Å². The maximum absolute atomic E-state index is 13.8. The molecule has 0 aromatic heterocycles. The van der Waals surface area contributed by atoms with Crippen LogP contribution < -0.4 is 16.0 Å². The van der Waals surface area contributed by atoms with Crippen LogP contribution in [-0.2, 0) is 6.54 Å². The second kappa shape index (κ2) is 10.6. The van der Waals surface area contributed by atoms with Crippen LogP contribution in [0.3, 0.4) is 0 Å². The average molecular weight is 399 g/mol. The van der Waals surface area contributed by atoms with Gasteiger partial charge in [0.2, 0.25) is 0 Å². The molecule has 0 heterocycles. The highest BCUT2D eigenvalue weighted by Crippen LogP contribution is 2.16.